The van der Waals surface area contributed by atoms with E-state index in [1.807, 2.05) is 20.8 Å². The van der Waals surface area contributed by atoms with Gasteiger partial charge in [0.05, 0.1) is 12.2 Å². The molecule has 1 aromatic heterocycles. The van der Waals surface area contributed by atoms with Gasteiger partial charge in [-0.25, -0.2) is 4.98 Å². The van der Waals surface area contributed by atoms with Gasteiger partial charge in [-0.05, 0) is 40.0 Å². The van der Waals surface area contributed by atoms with Gasteiger partial charge in [-0.2, -0.15) is 4.98 Å². The molecule has 0 aliphatic heterocycles. The molecule has 1 heterocycles. The molecular weight excluding hydrogens is 300 g/mol. The summed E-state index contributed by atoms with van der Waals surface area (Å²) in [5.41, 5.74) is 7.48. The van der Waals surface area contributed by atoms with Gasteiger partial charge in [-0.3, -0.25) is 0 Å². The average Bonchev–Trinajstić information content (AvgIpc) is 2.51. The van der Waals surface area contributed by atoms with Crippen LogP contribution in [0.5, 0.6) is 5.88 Å². The number of aromatic nitrogens is 2. The molecule has 0 aliphatic carbocycles. The molecule has 1 rings (SSSR count). The third-order valence-corrected chi connectivity index (χ3v) is 3.68. The topological polar surface area (TPSA) is 73.1 Å². The molecule has 0 unspecified atom stereocenters. The molecule has 0 saturated carbocycles. The Morgan fingerprint density at radius 2 is 1.67 bits per heavy atom. The summed E-state index contributed by atoms with van der Waals surface area (Å²) in [7, 11) is 0. The summed E-state index contributed by atoms with van der Waals surface area (Å²) < 4.78 is 6.11. The minimum atomic E-state index is -0.305. The van der Waals surface area contributed by atoms with E-state index in [1.165, 1.54) is 25.7 Å². The Morgan fingerprint density at radius 1 is 1.00 bits per heavy atom. The standard InChI is InChI=1S/C19H36N4O/c1-6-8-10-12-15-17(21-13-11-9-7-2)18(24-19(3,4)5)23-16(14-20)22-15/h21H,6-14,20H2,1-5H3. The second kappa shape index (κ2) is 10.5. The zero-order valence-corrected chi connectivity index (χ0v) is 16.2. The third kappa shape index (κ3) is 7.47. The molecule has 1 aromatic rings. The SMILES string of the molecule is CCCCCNc1c(CCCCC)nc(CN)nc1OC(C)(C)C. The molecule has 0 bridgehead atoms. The monoisotopic (exact) mass is 336 g/mol. The number of aryl methyl sites for hydroxylation is 1. The normalized spacial score (nSPS) is 11.6. The van der Waals surface area contributed by atoms with Crippen molar-refractivity contribution in [1.29, 1.82) is 0 Å². The van der Waals surface area contributed by atoms with Crippen LogP contribution >= 0.6 is 0 Å². The number of nitrogens with zero attached hydrogens (tertiary/aromatic N) is 2. The van der Waals surface area contributed by atoms with Crippen molar-refractivity contribution in [2.45, 2.75) is 91.7 Å². The fraction of sp³-hybridized carbons (Fsp3) is 0.789. The van der Waals surface area contributed by atoms with E-state index < -0.39 is 0 Å². The van der Waals surface area contributed by atoms with E-state index in [2.05, 4.69) is 29.1 Å². The van der Waals surface area contributed by atoms with E-state index in [0.29, 0.717) is 18.2 Å². The molecule has 3 N–H and O–H groups in total. The Bertz CT molecular complexity index is 483. The molecule has 24 heavy (non-hydrogen) atoms. The van der Waals surface area contributed by atoms with Gasteiger partial charge >= 0.3 is 0 Å². The van der Waals surface area contributed by atoms with Crippen molar-refractivity contribution < 1.29 is 4.74 Å². The lowest BCUT2D eigenvalue weighted by atomic mass is 10.1. The van der Waals surface area contributed by atoms with Gasteiger partial charge in [-0.15, -0.1) is 0 Å². The predicted molar refractivity (Wildman–Crippen MR) is 102 cm³/mol. The molecule has 0 amide bonds. The van der Waals surface area contributed by atoms with Crippen molar-refractivity contribution in [1.82, 2.24) is 9.97 Å². The van der Waals surface area contributed by atoms with Gasteiger partial charge in [0.2, 0.25) is 5.88 Å². The van der Waals surface area contributed by atoms with Gasteiger partial charge in [0.1, 0.15) is 17.1 Å². The molecule has 0 aliphatic rings. The van der Waals surface area contributed by atoms with E-state index >= 15 is 0 Å². The van der Waals surface area contributed by atoms with E-state index in [0.717, 1.165) is 37.2 Å². The Morgan fingerprint density at radius 3 is 2.25 bits per heavy atom. The van der Waals surface area contributed by atoms with Crippen LogP contribution in [0.1, 0.15) is 84.7 Å². The van der Waals surface area contributed by atoms with Crippen LogP contribution in [0, 0.1) is 0 Å². The maximum absolute atomic E-state index is 6.11. The van der Waals surface area contributed by atoms with Gasteiger partial charge in [0, 0.05) is 6.54 Å². The summed E-state index contributed by atoms with van der Waals surface area (Å²) >= 11 is 0. The molecule has 0 radical (unpaired) electrons. The summed E-state index contributed by atoms with van der Waals surface area (Å²) in [5, 5.41) is 3.53. The van der Waals surface area contributed by atoms with E-state index in [1.54, 1.807) is 0 Å². The van der Waals surface area contributed by atoms with Crippen molar-refractivity contribution in [3.05, 3.63) is 11.5 Å². The minimum absolute atomic E-state index is 0.305. The third-order valence-electron chi connectivity index (χ3n) is 3.68. The lowest BCUT2D eigenvalue weighted by Crippen LogP contribution is -2.25. The van der Waals surface area contributed by atoms with Crippen LogP contribution in [0.25, 0.3) is 0 Å². The largest absolute Gasteiger partial charge is 0.470 e. The maximum Gasteiger partial charge on any atom is 0.241 e. The predicted octanol–water partition coefficient (Wildman–Crippen LogP) is 4.45. The van der Waals surface area contributed by atoms with Crippen molar-refractivity contribution in [2.24, 2.45) is 5.73 Å². The van der Waals surface area contributed by atoms with Crippen molar-refractivity contribution in [3.63, 3.8) is 0 Å². The van der Waals surface area contributed by atoms with Crippen LogP contribution in [-0.4, -0.2) is 22.1 Å². The van der Waals surface area contributed by atoms with Gasteiger partial charge in [0.25, 0.3) is 0 Å². The molecular formula is C19H36N4O. The quantitative estimate of drug-likeness (QED) is 0.584. The fourth-order valence-electron chi connectivity index (χ4n) is 2.48. The first-order valence-corrected chi connectivity index (χ1v) is 9.44. The van der Waals surface area contributed by atoms with Crippen LogP contribution in [0.2, 0.25) is 0 Å². The Labute approximate surface area is 147 Å². The highest BCUT2D eigenvalue weighted by Gasteiger charge is 2.20. The highest BCUT2D eigenvalue weighted by Crippen LogP contribution is 2.30. The number of rotatable bonds is 11. The van der Waals surface area contributed by atoms with Crippen LogP contribution in [-0.2, 0) is 13.0 Å². The molecule has 0 aromatic carbocycles. The number of hydrogen-bond donors (Lipinski definition) is 2. The molecule has 138 valence electrons. The second-order valence-corrected chi connectivity index (χ2v) is 7.28. The fourth-order valence-corrected chi connectivity index (χ4v) is 2.48. The molecule has 0 fully saturated rings. The molecule has 5 heteroatoms. The summed E-state index contributed by atoms with van der Waals surface area (Å²) in [6.45, 7) is 11.8. The zero-order chi connectivity index (χ0) is 18.0. The van der Waals surface area contributed by atoms with E-state index in [-0.39, 0.29) is 5.60 Å². The summed E-state index contributed by atoms with van der Waals surface area (Å²) in [6, 6.07) is 0. The molecule has 5 nitrogen and oxygen atoms in total. The van der Waals surface area contributed by atoms with Crippen molar-refractivity contribution in [2.75, 3.05) is 11.9 Å². The number of nitrogens with two attached hydrogens (primary N) is 1. The Kier molecular flexibility index (Phi) is 9.04. The first-order chi connectivity index (χ1) is 11.4. The zero-order valence-electron chi connectivity index (χ0n) is 16.2. The lowest BCUT2D eigenvalue weighted by Gasteiger charge is -2.24. The lowest BCUT2D eigenvalue weighted by molar-refractivity contribution is 0.124. The smallest absolute Gasteiger partial charge is 0.241 e. The van der Waals surface area contributed by atoms with Crippen molar-refractivity contribution in [3.8, 4) is 5.88 Å². The average molecular weight is 337 g/mol. The van der Waals surface area contributed by atoms with Crippen LogP contribution < -0.4 is 15.8 Å². The van der Waals surface area contributed by atoms with Crippen LogP contribution in [0.3, 0.4) is 0 Å². The molecule has 0 spiro atoms. The number of unbranched alkanes of at least 4 members (excludes halogenated alkanes) is 4. The van der Waals surface area contributed by atoms with Crippen LogP contribution in [0.15, 0.2) is 0 Å². The van der Waals surface area contributed by atoms with E-state index in [9.17, 15) is 0 Å². The Hall–Kier alpha value is -1.36. The number of ether oxygens (including phenoxy) is 1. The van der Waals surface area contributed by atoms with Gasteiger partial charge in [0.15, 0.2) is 0 Å². The van der Waals surface area contributed by atoms with Gasteiger partial charge < -0.3 is 15.8 Å². The summed E-state index contributed by atoms with van der Waals surface area (Å²) in [6.07, 6.45) is 8.01. The summed E-state index contributed by atoms with van der Waals surface area (Å²) in [4.78, 5) is 9.22. The van der Waals surface area contributed by atoms with E-state index in [4.69, 9.17) is 10.5 Å². The Balaban J connectivity index is 3.07. The molecule has 0 saturated heterocycles. The maximum atomic E-state index is 6.11. The highest BCUT2D eigenvalue weighted by atomic mass is 16.5. The minimum Gasteiger partial charge on any atom is -0.470 e. The second-order valence-electron chi connectivity index (χ2n) is 7.28. The highest BCUT2D eigenvalue weighted by molar-refractivity contribution is 5.57. The number of hydrogen-bond acceptors (Lipinski definition) is 5. The number of nitrogens with one attached hydrogen (secondary N) is 1. The van der Waals surface area contributed by atoms with Crippen LogP contribution in [0.4, 0.5) is 5.69 Å². The van der Waals surface area contributed by atoms with Crippen molar-refractivity contribution >= 4 is 5.69 Å². The summed E-state index contributed by atoms with van der Waals surface area (Å²) in [5.74, 6) is 1.29. The van der Waals surface area contributed by atoms with Gasteiger partial charge in [-0.1, -0.05) is 39.5 Å². The first kappa shape index (κ1) is 20.7. The first-order valence-electron chi connectivity index (χ1n) is 9.44. The molecule has 0 atom stereocenters. The number of anilines is 1.